The highest BCUT2D eigenvalue weighted by Crippen LogP contribution is 2.29. The number of aromatic nitrogens is 2. The fraction of sp³-hybridized carbons (Fsp3) is 0.290. The van der Waals surface area contributed by atoms with Crippen LogP contribution < -0.4 is 16.0 Å². The van der Waals surface area contributed by atoms with Crippen molar-refractivity contribution < 1.29 is 44.8 Å². The third-order valence-electron chi connectivity index (χ3n) is 7.10. The number of ether oxygens (including phenoxy) is 2. The van der Waals surface area contributed by atoms with Crippen molar-refractivity contribution in [3.63, 3.8) is 0 Å². The van der Waals surface area contributed by atoms with Gasteiger partial charge < -0.3 is 15.3 Å². The average Bonchev–Trinajstić information content (AvgIpc) is 3.42. The van der Waals surface area contributed by atoms with Crippen LogP contribution in [0.15, 0.2) is 76.9 Å². The van der Waals surface area contributed by atoms with Crippen LogP contribution in [0.1, 0.15) is 47.7 Å². The minimum atomic E-state index is -0.926. The highest BCUT2D eigenvalue weighted by Gasteiger charge is 2.21. The number of nitrogens with two attached hydrogens (primary N) is 1. The number of carbonyl (C=O) groups is 1. The molecule has 4 aromatic rings. The normalized spacial score (nSPS) is 12.4. The zero-order chi connectivity index (χ0) is 34.5. The van der Waals surface area contributed by atoms with Crippen molar-refractivity contribution in [2.75, 3.05) is 19.8 Å². The van der Waals surface area contributed by atoms with Crippen LogP contribution >= 0.6 is 0 Å². The van der Waals surface area contributed by atoms with Gasteiger partial charge >= 0.3 is 5.97 Å². The van der Waals surface area contributed by atoms with Crippen molar-refractivity contribution in [2.45, 2.75) is 38.8 Å². The number of hydrazone groups is 2. The molecule has 3 aromatic carbocycles. The Morgan fingerprint density at radius 1 is 1.02 bits per heavy atom. The number of imidazole rings is 1. The van der Waals surface area contributed by atoms with Crippen molar-refractivity contribution >= 4 is 29.6 Å². The fourth-order valence-electron chi connectivity index (χ4n) is 5.03. The van der Waals surface area contributed by atoms with Gasteiger partial charge in [-0.2, -0.15) is 15.2 Å². The summed E-state index contributed by atoms with van der Waals surface area (Å²) in [6.07, 6.45) is 0.117. The average molecular weight is 667 g/mol. The molecule has 0 radical (unpaired) electrons. The van der Waals surface area contributed by atoms with Crippen LogP contribution in [-0.2, 0) is 21.0 Å². The van der Waals surface area contributed by atoms with E-state index >= 15 is 0 Å². The first kappa shape index (κ1) is 35.9. The molecule has 0 aliphatic heterocycles. The van der Waals surface area contributed by atoms with E-state index in [0.29, 0.717) is 54.4 Å². The molecule has 0 saturated carbocycles. The Hall–Kier alpha value is -4.98. The summed E-state index contributed by atoms with van der Waals surface area (Å²) in [5.41, 5.74) is 7.64. The number of para-hydroxylation sites is 1. The van der Waals surface area contributed by atoms with E-state index in [1.165, 1.54) is 0 Å². The first-order chi connectivity index (χ1) is 23.2. The zero-order valence-electron chi connectivity index (χ0n) is 26.2. The van der Waals surface area contributed by atoms with Crippen molar-refractivity contribution in [2.24, 2.45) is 16.0 Å². The van der Waals surface area contributed by atoms with Gasteiger partial charge in [-0.25, -0.2) is 14.5 Å². The van der Waals surface area contributed by atoms with Gasteiger partial charge in [0.1, 0.15) is 12.7 Å². The number of nitrogens with zero attached hydrogens (tertiary/aromatic N) is 6. The molecule has 0 saturated heterocycles. The van der Waals surface area contributed by atoms with Gasteiger partial charge in [-0.1, -0.05) is 54.6 Å². The summed E-state index contributed by atoms with van der Waals surface area (Å²) in [5, 5.41) is 41.7. The topological polar surface area (TPSA) is 222 Å². The number of hydrogen-bond acceptors (Lipinski definition) is 15. The van der Waals surface area contributed by atoms with Crippen LogP contribution in [0.25, 0.3) is 22.2 Å². The standard InChI is InChI=1S/C31H38N8O9/c1-3-45-31-34-27-13-8-12-26(30(40)46-18-7-6-9-23(48-39(43)44)20-47-38(41)42)28(27)37(31)19-21-14-16-22(17-15-21)24-10-4-5-11-25(24)29(35-32)36-33-2/h4-5,8,10-17,23,41-44H,2-3,6-7,9,18-20,32H2,1H3,(H,35,36)/t23-/m1/s1. The van der Waals surface area contributed by atoms with Gasteiger partial charge in [0.2, 0.25) is 0 Å². The van der Waals surface area contributed by atoms with E-state index in [1.54, 1.807) is 18.2 Å². The van der Waals surface area contributed by atoms with Gasteiger partial charge in [-0.3, -0.25) is 30.8 Å². The van der Waals surface area contributed by atoms with Crippen LogP contribution in [0.3, 0.4) is 0 Å². The third kappa shape index (κ3) is 9.53. The molecule has 17 nitrogen and oxygen atoms in total. The van der Waals surface area contributed by atoms with E-state index in [2.05, 4.69) is 32.2 Å². The molecule has 0 aliphatic rings. The second-order valence-electron chi connectivity index (χ2n) is 10.2. The van der Waals surface area contributed by atoms with Gasteiger partial charge in [-0.15, -0.1) is 0 Å². The molecule has 256 valence electrons. The monoisotopic (exact) mass is 666 g/mol. The molecule has 0 amide bonds. The smallest absolute Gasteiger partial charge is 0.340 e. The summed E-state index contributed by atoms with van der Waals surface area (Å²) in [6, 6.07) is 21.0. The summed E-state index contributed by atoms with van der Waals surface area (Å²) in [7, 11) is 0. The molecule has 0 unspecified atom stereocenters. The second kappa shape index (κ2) is 17.8. The first-order valence-electron chi connectivity index (χ1n) is 14.9. The van der Waals surface area contributed by atoms with E-state index in [9.17, 15) is 4.79 Å². The van der Waals surface area contributed by atoms with Crippen LogP contribution in [0.5, 0.6) is 6.01 Å². The van der Waals surface area contributed by atoms with Crippen LogP contribution in [0, 0.1) is 0 Å². The van der Waals surface area contributed by atoms with Gasteiger partial charge in [0.15, 0.2) is 5.84 Å². The first-order valence-corrected chi connectivity index (χ1v) is 14.9. The molecule has 7 N–H and O–H groups in total. The Balaban J connectivity index is 1.50. The lowest BCUT2D eigenvalue weighted by atomic mass is 9.98. The van der Waals surface area contributed by atoms with E-state index in [4.69, 9.17) is 41.0 Å². The molecule has 0 fully saturated rings. The highest BCUT2D eigenvalue weighted by molar-refractivity contribution is 6.04. The van der Waals surface area contributed by atoms with Crippen molar-refractivity contribution in [1.82, 2.24) is 25.8 Å². The van der Waals surface area contributed by atoms with E-state index in [-0.39, 0.29) is 19.6 Å². The Labute approximate surface area is 275 Å². The lowest BCUT2D eigenvalue weighted by molar-refractivity contribution is -0.527. The maximum atomic E-state index is 13.3. The van der Waals surface area contributed by atoms with E-state index in [1.807, 2.05) is 60.0 Å². The number of nitrogens with one attached hydrogen (secondary N) is 1. The van der Waals surface area contributed by atoms with Crippen molar-refractivity contribution in [3.8, 4) is 17.1 Å². The molecule has 0 spiro atoms. The summed E-state index contributed by atoms with van der Waals surface area (Å²) in [6.45, 7) is 5.69. The summed E-state index contributed by atoms with van der Waals surface area (Å²) >= 11 is 0. The van der Waals surface area contributed by atoms with Crippen molar-refractivity contribution in [3.05, 3.63) is 83.4 Å². The van der Waals surface area contributed by atoms with Crippen LogP contribution in [0.2, 0.25) is 0 Å². The Morgan fingerprint density at radius 3 is 2.46 bits per heavy atom. The lowest BCUT2D eigenvalue weighted by Crippen LogP contribution is -2.31. The summed E-state index contributed by atoms with van der Waals surface area (Å²) < 4.78 is 13.3. The highest BCUT2D eigenvalue weighted by atomic mass is 17.1. The molecule has 1 atom stereocenters. The number of amidine groups is 1. The largest absolute Gasteiger partial charge is 0.465 e. The SMILES string of the molecule is C=NN/C(=N\N)c1ccccc1-c1ccc(Cn2c(OCC)nc3cccc(C(=O)OCCCC[C@H](CON(O)O)ON(O)O)c32)cc1. The summed E-state index contributed by atoms with van der Waals surface area (Å²) in [4.78, 5) is 27.1. The number of rotatable bonds is 18. The molecular formula is C31H38N8O9. The van der Waals surface area contributed by atoms with Crippen LogP contribution in [0.4, 0.5) is 0 Å². The molecule has 4 rings (SSSR count). The molecule has 1 aromatic heterocycles. The fourth-order valence-corrected chi connectivity index (χ4v) is 5.03. The molecule has 17 heteroatoms. The number of hydrogen-bond donors (Lipinski definition) is 6. The summed E-state index contributed by atoms with van der Waals surface area (Å²) in [5.74, 6) is 5.40. The van der Waals surface area contributed by atoms with Gasteiger partial charge in [-0.05, 0) is 55.0 Å². The molecule has 0 aliphatic carbocycles. The lowest BCUT2D eigenvalue weighted by Gasteiger charge is -2.18. The Bertz CT molecular complexity index is 1680. The van der Waals surface area contributed by atoms with Crippen LogP contribution in [-0.4, -0.2) is 85.6 Å². The number of esters is 1. The number of fused-ring (bicyclic) bond motifs is 1. The number of benzene rings is 3. The predicted molar refractivity (Wildman–Crippen MR) is 171 cm³/mol. The Kier molecular flexibility index (Phi) is 13.3. The van der Waals surface area contributed by atoms with Gasteiger partial charge in [0.05, 0.1) is 47.1 Å². The number of unbranched alkanes of at least 4 members (excludes halogenated alkanes) is 1. The minimum absolute atomic E-state index is 0.0568. The second-order valence-corrected chi connectivity index (χ2v) is 10.2. The van der Waals surface area contributed by atoms with Gasteiger partial charge in [0.25, 0.3) is 6.01 Å². The van der Waals surface area contributed by atoms with Gasteiger partial charge in [0, 0.05) is 12.3 Å². The predicted octanol–water partition coefficient (Wildman–Crippen LogP) is 3.70. The number of carbonyl (C=O) groups excluding carboxylic acids is 1. The van der Waals surface area contributed by atoms with E-state index < -0.39 is 22.9 Å². The molecular weight excluding hydrogens is 628 g/mol. The van der Waals surface area contributed by atoms with Crippen molar-refractivity contribution in [1.29, 1.82) is 0 Å². The third-order valence-corrected chi connectivity index (χ3v) is 7.10. The molecule has 0 bridgehead atoms. The molecule has 48 heavy (non-hydrogen) atoms. The van der Waals surface area contributed by atoms with E-state index in [0.717, 1.165) is 22.3 Å². The maximum absolute atomic E-state index is 13.3. The maximum Gasteiger partial charge on any atom is 0.340 e. The minimum Gasteiger partial charge on any atom is -0.465 e. The Morgan fingerprint density at radius 2 is 1.77 bits per heavy atom. The molecule has 1 heterocycles. The quantitative estimate of drug-likeness (QED) is 0.0223. The zero-order valence-corrected chi connectivity index (χ0v) is 26.2.